The van der Waals surface area contributed by atoms with Crippen molar-refractivity contribution in [3.8, 4) is 11.5 Å². The molecule has 2 aromatic carbocycles. The van der Waals surface area contributed by atoms with E-state index in [4.69, 9.17) is 21.7 Å². The number of hydrogen-bond donors (Lipinski definition) is 1. The van der Waals surface area contributed by atoms with Crippen LogP contribution in [0, 0.1) is 5.92 Å². The maximum atomic E-state index is 13.0. The zero-order valence-electron chi connectivity index (χ0n) is 15.7. The van der Waals surface area contributed by atoms with Gasteiger partial charge in [0, 0.05) is 13.2 Å². The van der Waals surface area contributed by atoms with E-state index in [9.17, 15) is 9.59 Å². The van der Waals surface area contributed by atoms with Gasteiger partial charge in [-0.25, -0.2) is 0 Å². The molecule has 0 unspecified atom stereocenters. The van der Waals surface area contributed by atoms with Crippen molar-refractivity contribution >= 4 is 34.8 Å². The Morgan fingerprint density at radius 3 is 2.34 bits per heavy atom. The molecule has 0 saturated carbocycles. The van der Waals surface area contributed by atoms with Crippen LogP contribution in [0.5, 0.6) is 11.5 Å². The van der Waals surface area contributed by atoms with Gasteiger partial charge in [-0.05, 0) is 67.4 Å². The smallest absolute Gasteiger partial charge is 0.269 e. The van der Waals surface area contributed by atoms with Crippen LogP contribution in [0.15, 0.2) is 66.2 Å². The zero-order valence-corrected chi connectivity index (χ0v) is 16.5. The number of carbonyl (C=O) groups excluding carboxylic acids is 2. The molecule has 29 heavy (non-hydrogen) atoms. The number of amides is 2. The summed E-state index contributed by atoms with van der Waals surface area (Å²) in [7, 11) is 0. The van der Waals surface area contributed by atoms with Crippen LogP contribution in [0.4, 0.5) is 5.69 Å². The summed E-state index contributed by atoms with van der Waals surface area (Å²) in [4.78, 5) is 26.7. The van der Waals surface area contributed by atoms with Gasteiger partial charge in [0.25, 0.3) is 11.8 Å². The number of thiocarbonyl (C=S) groups is 1. The van der Waals surface area contributed by atoms with E-state index in [0.29, 0.717) is 24.7 Å². The molecule has 4 rings (SSSR count). The molecule has 2 aliphatic rings. The van der Waals surface area contributed by atoms with Crippen molar-refractivity contribution in [1.29, 1.82) is 0 Å². The number of rotatable bonds is 4. The van der Waals surface area contributed by atoms with Gasteiger partial charge in [-0.1, -0.05) is 24.3 Å². The Hall–Kier alpha value is -3.03. The fraction of sp³-hybridized carbons (Fsp3) is 0.227. The number of benzene rings is 2. The highest BCUT2D eigenvalue weighted by Gasteiger charge is 2.35. The van der Waals surface area contributed by atoms with Crippen molar-refractivity contribution in [2.45, 2.75) is 12.8 Å². The van der Waals surface area contributed by atoms with Crippen LogP contribution in [0.25, 0.3) is 0 Å². The lowest BCUT2D eigenvalue weighted by atomic mass is 9.96. The van der Waals surface area contributed by atoms with E-state index >= 15 is 0 Å². The van der Waals surface area contributed by atoms with Crippen LogP contribution in [-0.2, 0) is 14.3 Å². The summed E-state index contributed by atoms with van der Waals surface area (Å²) in [5, 5.41) is 2.69. The van der Waals surface area contributed by atoms with E-state index in [1.165, 1.54) is 4.90 Å². The van der Waals surface area contributed by atoms with Crippen LogP contribution >= 0.6 is 12.2 Å². The summed E-state index contributed by atoms with van der Waals surface area (Å²) in [6, 6.07) is 16.4. The number of para-hydroxylation sites is 1. The minimum atomic E-state index is -0.452. The van der Waals surface area contributed by atoms with Crippen LogP contribution in [-0.4, -0.2) is 30.1 Å². The molecule has 6 nitrogen and oxygen atoms in total. The number of nitrogens with zero attached hydrogens (tertiary/aromatic N) is 1. The number of ether oxygens (including phenoxy) is 2. The molecule has 0 spiro atoms. The van der Waals surface area contributed by atoms with E-state index in [-0.39, 0.29) is 16.6 Å². The molecule has 0 radical (unpaired) electrons. The third-order valence-corrected chi connectivity index (χ3v) is 5.13. The zero-order chi connectivity index (χ0) is 20.2. The first-order valence-corrected chi connectivity index (χ1v) is 9.85. The fourth-order valence-electron chi connectivity index (χ4n) is 3.32. The predicted molar refractivity (Wildman–Crippen MR) is 113 cm³/mol. The first-order valence-electron chi connectivity index (χ1n) is 9.44. The van der Waals surface area contributed by atoms with Crippen molar-refractivity contribution in [2.24, 2.45) is 5.92 Å². The summed E-state index contributed by atoms with van der Waals surface area (Å²) in [5.41, 5.74) is 0.688. The fourth-order valence-corrected chi connectivity index (χ4v) is 3.60. The molecule has 7 heteroatoms. The summed E-state index contributed by atoms with van der Waals surface area (Å²) in [6.07, 6.45) is 3.34. The SMILES string of the molecule is O=C1NC(=S)N(c2ccc(Oc3ccccc3)cc2)C(=O)/C1=C/C1CCOCC1. The molecule has 0 aromatic heterocycles. The molecule has 2 aromatic rings. The monoisotopic (exact) mass is 408 g/mol. The molecule has 0 aliphatic carbocycles. The summed E-state index contributed by atoms with van der Waals surface area (Å²) in [5.74, 6) is 0.633. The van der Waals surface area contributed by atoms with Gasteiger partial charge in [0.1, 0.15) is 17.1 Å². The molecule has 148 valence electrons. The molecular formula is C22H20N2O4S. The van der Waals surface area contributed by atoms with E-state index in [1.807, 2.05) is 30.3 Å². The minimum absolute atomic E-state index is 0.0702. The Kier molecular flexibility index (Phi) is 5.69. The topological polar surface area (TPSA) is 67.9 Å². The van der Waals surface area contributed by atoms with Gasteiger partial charge in [0.05, 0.1) is 5.69 Å². The van der Waals surface area contributed by atoms with Crippen molar-refractivity contribution in [2.75, 3.05) is 18.1 Å². The maximum absolute atomic E-state index is 13.0. The average Bonchev–Trinajstić information content (AvgIpc) is 2.74. The largest absolute Gasteiger partial charge is 0.457 e. The Balaban J connectivity index is 1.54. The lowest BCUT2D eigenvalue weighted by Crippen LogP contribution is -2.54. The van der Waals surface area contributed by atoms with Gasteiger partial charge in [0.2, 0.25) is 0 Å². The lowest BCUT2D eigenvalue weighted by molar-refractivity contribution is -0.122. The van der Waals surface area contributed by atoms with Crippen LogP contribution in [0.2, 0.25) is 0 Å². The van der Waals surface area contributed by atoms with E-state index in [2.05, 4.69) is 5.32 Å². The van der Waals surface area contributed by atoms with Gasteiger partial charge in [-0.2, -0.15) is 0 Å². The Morgan fingerprint density at radius 2 is 1.66 bits per heavy atom. The van der Waals surface area contributed by atoms with Crippen molar-refractivity contribution in [3.05, 3.63) is 66.2 Å². The van der Waals surface area contributed by atoms with E-state index in [0.717, 1.165) is 18.6 Å². The highest BCUT2D eigenvalue weighted by atomic mass is 32.1. The van der Waals surface area contributed by atoms with Crippen molar-refractivity contribution < 1.29 is 19.1 Å². The quantitative estimate of drug-likeness (QED) is 0.476. The number of hydrogen-bond acceptors (Lipinski definition) is 5. The molecule has 2 saturated heterocycles. The summed E-state index contributed by atoms with van der Waals surface area (Å²) in [6.45, 7) is 1.27. The number of carbonyl (C=O) groups is 2. The van der Waals surface area contributed by atoms with Gasteiger partial charge >= 0.3 is 0 Å². The Morgan fingerprint density at radius 1 is 1.00 bits per heavy atom. The minimum Gasteiger partial charge on any atom is -0.457 e. The molecule has 2 fully saturated rings. The van der Waals surface area contributed by atoms with Gasteiger partial charge < -0.3 is 9.47 Å². The molecular weight excluding hydrogens is 388 g/mol. The third-order valence-electron chi connectivity index (χ3n) is 4.84. The highest BCUT2D eigenvalue weighted by molar-refractivity contribution is 7.80. The maximum Gasteiger partial charge on any atom is 0.269 e. The molecule has 0 atom stereocenters. The Labute approximate surface area is 174 Å². The van der Waals surface area contributed by atoms with Crippen molar-refractivity contribution in [3.63, 3.8) is 0 Å². The van der Waals surface area contributed by atoms with Crippen LogP contribution in [0.1, 0.15) is 12.8 Å². The molecule has 0 bridgehead atoms. The summed E-state index contributed by atoms with van der Waals surface area (Å²) >= 11 is 5.25. The molecule has 2 heterocycles. The molecule has 1 N–H and O–H groups in total. The summed E-state index contributed by atoms with van der Waals surface area (Å²) < 4.78 is 11.1. The number of nitrogens with one attached hydrogen (secondary N) is 1. The normalized spacial score (nSPS) is 19.4. The molecule has 2 amide bonds. The standard InChI is InChI=1S/C22H20N2O4S/c25-20-19(14-15-10-12-27-13-11-15)21(26)24(22(29)23-20)16-6-8-18(9-7-16)28-17-4-2-1-3-5-17/h1-9,14-15H,10-13H2,(H,23,25,29)/b19-14+. The number of allylic oxidation sites excluding steroid dienone is 1. The second-order valence-electron chi connectivity index (χ2n) is 6.84. The second-order valence-corrected chi connectivity index (χ2v) is 7.23. The van der Waals surface area contributed by atoms with Gasteiger partial charge in [-0.3, -0.25) is 19.8 Å². The highest BCUT2D eigenvalue weighted by Crippen LogP contribution is 2.27. The van der Waals surface area contributed by atoms with E-state index in [1.54, 1.807) is 30.3 Å². The average molecular weight is 408 g/mol. The van der Waals surface area contributed by atoms with Crippen LogP contribution in [0.3, 0.4) is 0 Å². The second kappa shape index (κ2) is 8.55. The number of anilines is 1. The van der Waals surface area contributed by atoms with Crippen LogP contribution < -0.4 is 15.0 Å². The van der Waals surface area contributed by atoms with Gasteiger partial charge in [-0.15, -0.1) is 0 Å². The Bertz CT molecular complexity index is 951. The third kappa shape index (κ3) is 4.36. The van der Waals surface area contributed by atoms with Gasteiger partial charge in [0.15, 0.2) is 5.11 Å². The van der Waals surface area contributed by atoms with E-state index < -0.39 is 11.8 Å². The first kappa shape index (κ1) is 19.3. The molecule has 2 aliphatic heterocycles. The predicted octanol–water partition coefficient (Wildman–Crippen LogP) is 3.58. The lowest BCUT2D eigenvalue weighted by Gasteiger charge is -2.30. The van der Waals surface area contributed by atoms with Crippen molar-refractivity contribution in [1.82, 2.24) is 5.32 Å². The first-order chi connectivity index (χ1) is 14.1.